The maximum atomic E-state index is 12.4. The molecule has 3 aliphatic rings. The highest BCUT2D eigenvalue weighted by molar-refractivity contribution is 6.04. The monoisotopic (exact) mass is 414 g/mol. The number of hydrogen-bond donors (Lipinski definition) is 0. The summed E-state index contributed by atoms with van der Waals surface area (Å²) in [5, 5.41) is 0. The van der Waals surface area contributed by atoms with Gasteiger partial charge < -0.3 is 9.47 Å². The third kappa shape index (κ3) is 4.92. The first kappa shape index (κ1) is 21.0. The van der Waals surface area contributed by atoms with E-state index in [1.807, 2.05) is 48.5 Å². The number of carbonyl (C=O) groups is 2. The summed E-state index contributed by atoms with van der Waals surface area (Å²) in [7, 11) is 0. The first-order valence-corrected chi connectivity index (χ1v) is 10.6. The fourth-order valence-corrected chi connectivity index (χ4v) is 4.17. The summed E-state index contributed by atoms with van der Waals surface area (Å²) >= 11 is 0. The molecule has 1 aromatic carbocycles. The van der Waals surface area contributed by atoms with Crippen LogP contribution in [0.5, 0.6) is 0 Å². The zero-order valence-electron chi connectivity index (χ0n) is 17.8. The standard InChI is InChI=1S/C27H26O4/c1-18(28)27-23(16-21-9-4-3-5-12-25(21)27)15-20-8-6-10-22(14-20)26-13-7-11-24(31-26)17-30-19(2)29/h3-10,12-14,16,24,26H,11,15,17H2,1-2H3/t24-,26+/m1/s1. The second-order valence-electron chi connectivity index (χ2n) is 7.95. The lowest BCUT2D eigenvalue weighted by atomic mass is 9.97. The van der Waals surface area contributed by atoms with E-state index in [1.165, 1.54) is 6.92 Å². The van der Waals surface area contributed by atoms with E-state index < -0.39 is 0 Å². The maximum Gasteiger partial charge on any atom is 0.302 e. The molecule has 0 aromatic heterocycles. The number of benzene rings is 1. The Hall–Kier alpha value is -3.24. The number of ether oxygens (including phenoxy) is 2. The smallest absolute Gasteiger partial charge is 0.302 e. The van der Waals surface area contributed by atoms with Crippen molar-refractivity contribution in [2.45, 2.75) is 38.9 Å². The molecule has 0 bridgehead atoms. The van der Waals surface area contributed by atoms with Crippen LogP contribution >= 0.6 is 0 Å². The van der Waals surface area contributed by atoms with Gasteiger partial charge in [-0.2, -0.15) is 0 Å². The Balaban J connectivity index is 1.57. The van der Waals surface area contributed by atoms with Crippen molar-refractivity contribution in [3.63, 3.8) is 0 Å². The minimum atomic E-state index is -0.298. The second kappa shape index (κ2) is 9.27. The van der Waals surface area contributed by atoms with E-state index in [-0.39, 0.29) is 30.6 Å². The van der Waals surface area contributed by atoms with Crippen molar-refractivity contribution < 1.29 is 19.1 Å². The van der Waals surface area contributed by atoms with Crippen LogP contribution in [0.2, 0.25) is 0 Å². The van der Waals surface area contributed by atoms with Gasteiger partial charge in [0.2, 0.25) is 0 Å². The molecule has 0 fully saturated rings. The lowest BCUT2D eigenvalue weighted by Gasteiger charge is -2.26. The molecule has 0 saturated carbocycles. The summed E-state index contributed by atoms with van der Waals surface area (Å²) in [6.07, 6.45) is 5.19. The quantitative estimate of drug-likeness (QED) is 0.302. The zero-order valence-corrected chi connectivity index (χ0v) is 17.8. The van der Waals surface area contributed by atoms with Crippen LogP contribution in [0.1, 0.15) is 53.4 Å². The van der Waals surface area contributed by atoms with E-state index in [4.69, 9.17) is 9.47 Å². The maximum absolute atomic E-state index is 12.4. The van der Waals surface area contributed by atoms with Gasteiger partial charge in [-0.05, 0) is 47.6 Å². The molecule has 0 N–H and O–H groups in total. The van der Waals surface area contributed by atoms with Gasteiger partial charge in [0.25, 0.3) is 0 Å². The number of carbonyl (C=O) groups excluding carboxylic acids is 2. The summed E-state index contributed by atoms with van der Waals surface area (Å²) in [6, 6.07) is 20.4. The van der Waals surface area contributed by atoms with Crippen LogP contribution in [0, 0.1) is 0 Å². The predicted molar refractivity (Wildman–Crippen MR) is 120 cm³/mol. The molecular formula is C27H26O4. The van der Waals surface area contributed by atoms with Crippen LogP contribution in [0.4, 0.5) is 0 Å². The van der Waals surface area contributed by atoms with Gasteiger partial charge in [0, 0.05) is 12.5 Å². The van der Waals surface area contributed by atoms with Gasteiger partial charge in [-0.1, -0.05) is 72.8 Å². The summed E-state index contributed by atoms with van der Waals surface area (Å²) in [5.41, 5.74) is 6.08. The molecule has 2 aliphatic carbocycles. The first-order chi connectivity index (χ1) is 15.0. The van der Waals surface area contributed by atoms with E-state index >= 15 is 0 Å². The molecular weight excluding hydrogens is 388 g/mol. The summed E-state index contributed by atoms with van der Waals surface area (Å²) in [5.74, 6) is -0.215. The Morgan fingerprint density at radius 1 is 1.03 bits per heavy atom. The second-order valence-corrected chi connectivity index (χ2v) is 7.95. The minimum Gasteiger partial charge on any atom is -0.463 e. The molecule has 1 aromatic rings. The SMILES string of the molecule is CC(=O)OC[C@H]1CC=C[C@@H](c2cccc(Cc3cc4cccccc-4c3C(C)=O)c2)O1. The van der Waals surface area contributed by atoms with Crippen molar-refractivity contribution in [1.82, 2.24) is 0 Å². The number of esters is 1. The lowest BCUT2D eigenvalue weighted by molar-refractivity contribution is -0.146. The highest BCUT2D eigenvalue weighted by Gasteiger charge is 2.22. The third-order valence-corrected chi connectivity index (χ3v) is 5.54. The van der Waals surface area contributed by atoms with Crippen molar-refractivity contribution in [1.29, 1.82) is 0 Å². The lowest BCUT2D eigenvalue weighted by Crippen LogP contribution is -2.25. The molecule has 0 saturated heterocycles. The molecule has 0 spiro atoms. The molecule has 4 nitrogen and oxygen atoms in total. The van der Waals surface area contributed by atoms with Gasteiger partial charge >= 0.3 is 5.97 Å². The van der Waals surface area contributed by atoms with E-state index in [0.717, 1.165) is 39.8 Å². The Morgan fingerprint density at radius 2 is 1.87 bits per heavy atom. The van der Waals surface area contributed by atoms with Gasteiger partial charge in [0.1, 0.15) is 12.7 Å². The van der Waals surface area contributed by atoms with E-state index in [9.17, 15) is 9.59 Å². The summed E-state index contributed by atoms with van der Waals surface area (Å²) < 4.78 is 11.2. The summed E-state index contributed by atoms with van der Waals surface area (Å²) in [6.45, 7) is 3.29. The summed E-state index contributed by atoms with van der Waals surface area (Å²) in [4.78, 5) is 23.5. The average molecular weight is 415 g/mol. The number of ketones is 1. The van der Waals surface area contributed by atoms with Crippen molar-refractivity contribution in [3.8, 4) is 11.1 Å². The van der Waals surface area contributed by atoms with Gasteiger partial charge in [-0.15, -0.1) is 0 Å². The molecule has 1 aliphatic heterocycles. The fourth-order valence-electron chi connectivity index (χ4n) is 4.17. The number of fused-ring (bicyclic) bond motifs is 1. The van der Waals surface area contributed by atoms with E-state index in [1.54, 1.807) is 6.92 Å². The van der Waals surface area contributed by atoms with Crippen molar-refractivity contribution in [3.05, 3.63) is 95.1 Å². The van der Waals surface area contributed by atoms with Crippen LogP contribution in [-0.2, 0) is 20.7 Å². The Labute approximate surface area is 182 Å². The molecule has 31 heavy (non-hydrogen) atoms. The van der Waals surface area contributed by atoms with Gasteiger partial charge in [-0.3, -0.25) is 9.59 Å². The molecule has 2 atom stereocenters. The molecule has 1 heterocycles. The van der Waals surface area contributed by atoms with Crippen LogP contribution in [0.25, 0.3) is 11.1 Å². The van der Waals surface area contributed by atoms with Gasteiger partial charge in [0.15, 0.2) is 5.78 Å². The van der Waals surface area contributed by atoms with Crippen LogP contribution in [0.15, 0.2) is 72.8 Å². The highest BCUT2D eigenvalue weighted by Crippen LogP contribution is 2.34. The normalized spacial score (nSPS) is 18.1. The number of rotatable bonds is 6. The van der Waals surface area contributed by atoms with E-state index in [2.05, 4.69) is 24.3 Å². The minimum absolute atomic E-state index is 0.0826. The Bertz CT molecular complexity index is 1100. The van der Waals surface area contributed by atoms with Crippen molar-refractivity contribution >= 4 is 11.8 Å². The van der Waals surface area contributed by atoms with Gasteiger partial charge in [0.05, 0.1) is 6.10 Å². The first-order valence-electron chi connectivity index (χ1n) is 10.6. The molecule has 0 amide bonds. The highest BCUT2D eigenvalue weighted by atomic mass is 16.6. The van der Waals surface area contributed by atoms with E-state index in [0.29, 0.717) is 6.42 Å². The molecule has 0 radical (unpaired) electrons. The van der Waals surface area contributed by atoms with Gasteiger partial charge in [-0.25, -0.2) is 0 Å². The Kier molecular flexibility index (Phi) is 6.28. The Morgan fingerprint density at radius 3 is 2.68 bits per heavy atom. The topological polar surface area (TPSA) is 52.6 Å². The largest absolute Gasteiger partial charge is 0.463 e. The predicted octanol–water partition coefficient (Wildman–Crippen LogP) is 5.53. The third-order valence-electron chi connectivity index (χ3n) is 5.54. The fraction of sp³-hybridized carbons (Fsp3) is 0.259. The van der Waals surface area contributed by atoms with Crippen molar-refractivity contribution in [2.24, 2.45) is 0 Å². The van der Waals surface area contributed by atoms with Crippen LogP contribution in [-0.4, -0.2) is 24.5 Å². The zero-order chi connectivity index (χ0) is 21.8. The van der Waals surface area contributed by atoms with Crippen molar-refractivity contribution in [2.75, 3.05) is 6.61 Å². The van der Waals surface area contributed by atoms with Crippen LogP contribution < -0.4 is 0 Å². The molecule has 0 unspecified atom stereocenters. The number of Topliss-reactive ketones (excluding diaryl/α,β-unsaturated/α-hetero) is 1. The molecule has 4 heteroatoms. The molecule has 4 rings (SSSR count). The number of hydrogen-bond acceptors (Lipinski definition) is 4. The van der Waals surface area contributed by atoms with Crippen LogP contribution in [0.3, 0.4) is 0 Å². The molecule has 158 valence electrons. The average Bonchev–Trinajstić information content (AvgIpc) is 2.93.